The molecular formula is C18H23NO2. The molecule has 112 valence electrons. The molecule has 0 saturated heterocycles. The van der Waals surface area contributed by atoms with E-state index in [1.807, 2.05) is 44.2 Å². The fourth-order valence-corrected chi connectivity index (χ4v) is 2.27. The van der Waals surface area contributed by atoms with Crippen molar-refractivity contribution < 1.29 is 9.47 Å². The predicted molar refractivity (Wildman–Crippen MR) is 85.9 cm³/mol. The molecule has 2 atom stereocenters. The maximum Gasteiger partial charge on any atom is 0.139 e. The molecule has 21 heavy (non-hydrogen) atoms. The first-order valence-electron chi connectivity index (χ1n) is 7.14. The van der Waals surface area contributed by atoms with Crippen molar-refractivity contribution >= 4 is 0 Å². The second-order valence-electron chi connectivity index (χ2n) is 5.44. The maximum atomic E-state index is 6.19. The Kier molecular flexibility index (Phi) is 4.86. The monoisotopic (exact) mass is 285 g/mol. The summed E-state index contributed by atoms with van der Waals surface area (Å²) in [7, 11) is 1.66. The number of methoxy groups -OCH3 is 1. The summed E-state index contributed by atoms with van der Waals surface area (Å²) >= 11 is 0. The number of hydrogen-bond donors (Lipinski definition) is 1. The fourth-order valence-electron chi connectivity index (χ4n) is 2.27. The number of ether oxygens (including phenoxy) is 2. The minimum atomic E-state index is -0.208. The average Bonchev–Trinajstić information content (AvgIpc) is 2.47. The van der Waals surface area contributed by atoms with Gasteiger partial charge in [-0.3, -0.25) is 0 Å². The highest BCUT2D eigenvalue weighted by atomic mass is 16.5. The maximum absolute atomic E-state index is 6.19. The van der Waals surface area contributed by atoms with Gasteiger partial charge in [-0.25, -0.2) is 0 Å². The van der Waals surface area contributed by atoms with E-state index < -0.39 is 0 Å². The van der Waals surface area contributed by atoms with Gasteiger partial charge in [0.1, 0.15) is 17.6 Å². The van der Waals surface area contributed by atoms with Crippen molar-refractivity contribution in [2.24, 2.45) is 5.73 Å². The van der Waals surface area contributed by atoms with Gasteiger partial charge < -0.3 is 15.2 Å². The van der Waals surface area contributed by atoms with Crippen LogP contribution < -0.4 is 15.2 Å². The lowest BCUT2D eigenvalue weighted by Crippen LogP contribution is -2.29. The Morgan fingerprint density at radius 2 is 1.81 bits per heavy atom. The highest BCUT2D eigenvalue weighted by Gasteiger charge is 2.19. The molecule has 0 spiro atoms. The van der Waals surface area contributed by atoms with Gasteiger partial charge in [-0.05, 0) is 55.7 Å². The van der Waals surface area contributed by atoms with Gasteiger partial charge in [0, 0.05) is 6.04 Å². The van der Waals surface area contributed by atoms with E-state index >= 15 is 0 Å². The summed E-state index contributed by atoms with van der Waals surface area (Å²) in [6.45, 7) is 6.05. The molecule has 0 amide bonds. The fraction of sp³-hybridized carbons (Fsp3) is 0.333. The van der Waals surface area contributed by atoms with E-state index in [-0.39, 0.29) is 12.1 Å². The minimum Gasteiger partial charge on any atom is -0.497 e. The lowest BCUT2D eigenvalue weighted by Gasteiger charge is -2.24. The lowest BCUT2D eigenvalue weighted by molar-refractivity contribution is 0.179. The number of hydrogen-bond acceptors (Lipinski definition) is 3. The van der Waals surface area contributed by atoms with Gasteiger partial charge >= 0.3 is 0 Å². The van der Waals surface area contributed by atoms with Crippen LogP contribution in [0.15, 0.2) is 42.5 Å². The molecule has 2 aromatic carbocycles. The van der Waals surface area contributed by atoms with E-state index in [1.165, 1.54) is 5.56 Å². The standard InChI is InChI=1S/C18H23NO2/c1-12-8-9-13(2)17(10-12)21-18(14(3)19)15-6-5-7-16(11-15)20-4/h5-11,14,18H,19H2,1-4H3. The topological polar surface area (TPSA) is 44.5 Å². The third kappa shape index (κ3) is 3.76. The van der Waals surface area contributed by atoms with Crippen LogP contribution in [0, 0.1) is 13.8 Å². The van der Waals surface area contributed by atoms with Crippen molar-refractivity contribution in [1.29, 1.82) is 0 Å². The van der Waals surface area contributed by atoms with Crippen LogP contribution in [0.25, 0.3) is 0 Å². The van der Waals surface area contributed by atoms with Crippen molar-refractivity contribution in [1.82, 2.24) is 0 Å². The largest absolute Gasteiger partial charge is 0.497 e. The molecule has 2 rings (SSSR count). The summed E-state index contributed by atoms with van der Waals surface area (Å²) in [4.78, 5) is 0. The molecule has 0 saturated carbocycles. The van der Waals surface area contributed by atoms with Gasteiger partial charge in [-0.1, -0.05) is 24.3 Å². The quantitative estimate of drug-likeness (QED) is 0.909. The van der Waals surface area contributed by atoms with Crippen molar-refractivity contribution in [2.45, 2.75) is 32.9 Å². The second kappa shape index (κ2) is 6.64. The number of rotatable bonds is 5. The summed E-state index contributed by atoms with van der Waals surface area (Å²) in [5, 5.41) is 0. The number of aryl methyl sites for hydroxylation is 2. The molecule has 0 aromatic heterocycles. The van der Waals surface area contributed by atoms with Crippen molar-refractivity contribution in [3.05, 3.63) is 59.2 Å². The van der Waals surface area contributed by atoms with Crippen LogP contribution in [0.3, 0.4) is 0 Å². The van der Waals surface area contributed by atoms with Gasteiger partial charge in [0.15, 0.2) is 0 Å². The summed E-state index contributed by atoms with van der Waals surface area (Å²) in [6.07, 6.45) is -0.208. The first kappa shape index (κ1) is 15.4. The molecule has 3 heteroatoms. The Hall–Kier alpha value is -2.00. The molecule has 0 radical (unpaired) electrons. The summed E-state index contributed by atoms with van der Waals surface area (Å²) in [6, 6.07) is 13.9. The van der Waals surface area contributed by atoms with Gasteiger partial charge in [-0.2, -0.15) is 0 Å². The van der Waals surface area contributed by atoms with Gasteiger partial charge in [-0.15, -0.1) is 0 Å². The third-order valence-electron chi connectivity index (χ3n) is 3.50. The van der Waals surface area contributed by atoms with Crippen LogP contribution in [0.5, 0.6) is 11.5 Å². The van der Waals surface area contributed by atoms with Crippen LogP contribution >= 0.6 is 0 Å². The summed E-state index contributed by atoms with van der Waals surface area (Å²) < 4.78 is 11.5. The third-order valence-corrected chi connectivity index (χ3v) is 3.50. The van der Waals surface area contributed by atoms with Crippen LogP contribution in [0.1, 0.15) is 29.7 Å². The van der Waals surface area contributed by atoms with Crippen LogP contribution in [0.4, 0.5) is 0 Å². The normalized spacial score (nSPS) is 13.6. The Morgan fingerprint density at radius 3 is 2.48 bits per heavy atom. The highest BCUT2D eigenvalue weighted by Crippen LogP contribution is 2.29. The zero-order chi connectivity index (χ0) is 15.4. The van der Waals surface area contributed by atoms with E-state index in [1.54, 1.807) is 7.11 Å². The molecule has 2 N–H and O–H groups in total. The number of nitrogens with two attached hydrogens (primary N) is 1. The SMILES string of the molecule is COc1cccc(C(Oc2cc(C)ccc2C)C(C)N)c1. The molecule has 0 fully saturated rings. The molecule has 0 heterocycles. The Balaban J connectivity index is 2.33. The lowest BCUT2D eigenvalue weighted by atomic mass is 10.0. The zero-order valence-electron chi connectivity index (χ0n) is 13.1. The predicted octanol–water partition coefficient (Wildman–Crippen LogP) is 3.78. The molecular weight excluding hydrogens is 262 g/mol. The Morgan fingerprint density at radius 1 is 1.05 bits per heavy atom. The van der Waals surface area contributed by atoms with Crippen molar-refractivity contribution in [3.8, 4) is 11.5 Å². The molecule has 0 aliphatic carbocycles. The van der Waals surface area contributed by atoms with E-state index in [4.69, 9.17) is 15.2 Å². The molecule has 2 aromatic rings. The van der Waals surface area contributed by atoms with Gasteiger partial charge in [0.05, 0.1) is 7.11 Å². The van der Waals surface area contributed by atoms with Gasteiger partial charge in [0.2, 0.25) is 0 Å². The second-order valence-corrected chi connectivity index (χ2v) is 5.44. The summed E-state index contributed by atoms with van der Waals surface area (Å²) in [5.74, 6) is 1.68. The van der Waals surface area contributed by atoms with E-state index in [9.17, 15) is 0 Å². The highest BCUT2D eigenvalue weighted by molar-refractivity contribution is 5.37. The Bertz CT molecular complexity index is 608. The van der Waals surface area contributed by atoms with E-state index in [2.05, 4.69) is 19.1 Å². The van der Waals surface area contributed by atoms with Crippen LogP contribution in [0.2, 0.25) is 0 Å². The summed E-state index contributed by atoms with van der Waals surface area (Å²) in [5.41, 5.74) is 9.43. The van der Waals surface area contributed by atoms with Gasteiger partial charge in [0.25, 0.3) is 0 Å². The smallest absolute Gasteiger partial charge is 0.139 e. The molecule has 0 aliphatic heterocycles. The number of benzene rings is 2. The first-order chi connectivity index (χ1) is 10.0. The first-order valence-corrected chi connectivity index (χ1v) is 7.14. The van der Waals surface area contributed by atoms with Crippen LogP contribution in [-0.2, 0) is 0 Å². The molecule has 0 bridgehead atoms. The molecule has 3 nitrogen and oxygen atoms in total. The van der Waals surface area contributed by atoms with E-state index in [0.29, 0.717) is 0 Å². The molecule has 2 unspecified atom stereocenters. The minimum absolute atomic E-state index is 0.128. The zero-order valence-corrected chi connectivity index (χ0v) is 13.1. The Labute approximate surface area is 126 Å². The van der Waals surface area contributed by atoms with Crippen molar-refractivity contribution in [2.75, 3.05) is 7.11 Å². The van der Waals surface area contributed by atoms with E-state index in [0.717, 1.165) is 22.6 Å². The van der Waals surface area contributed by atoms with Crippen molar-refractivity contribution in [3.63, 3.8) is 0 Å². The van der Waals surface area contributed by atoms with Crippen LogP contribution in [-0.4, -0.2) is 13.2 Å². The average molecular weight is 285 g/mol. The molecule has 0 aliphatic rings.